The van der Waals surface area contributed by atoms with Crippen LogP contribution in [0.5, 0.6) is 0 Å². The van der Waals surface area contributed by atoms with Crippen molar-refractivity contribution in [3.05, 3.63) is 17.7 Å². The third kappa shape index (κ3) is 2.58. The lowest BCUT2D eigenvalue weighted by molar-refractivity contribution is 0.167. The van der Waals surface area contributed by atoms with Gasteiger partial charge in [-0.25, -0.2) is 4.98 Å². The molecular formula is C16H27N3. The number of rotatable bonds is 2. The van der Waals surface area contributed by atoms with Gasteiger partial charge in [-0.15, -0.1) is 0 Å². The monoisotopic (exact) mass is 261 g/mol. The summed E-state index contributed by atoms with van der Waals surface area (Å²) in [7, 11) is 0. The van der Waals surface area contributed by atoms with Crippen LogP contribution in [0, 0.1) is 5.92 Å². The van der Waals surface area contributed by atoms with Gasteiger partial charge in [0.1, 0.15) is 5.82 Å². The Labute approximate surface area is 117 Å². The van der Waals surface area contributed by atoms with Crippen LogP contribution in [-0.4, -0.2) is 33.6 Å². The lowest BCUT2D eigenvalue weighted by atomic mass is 9.94. The maximum Gasteiger partial charge on any atom is 0.112 e. The maximum atomic E-state index is 4.77. The molecule has 0 aliphatic carbocycles. The molecule has 0 N–H and O–H groups in total. The normalized spacial score (nSPS) is 25.8. The van der Waals surface area contributed by atoms with Gasteiger partial charge in [-0.1, -0.05) is 6.92 Å². The van der Waals surface area contributed by atoms with E-state index in [1.165, 1.54) is 56.8 Å². The maximum absolute atomic E-state index is 4.77. The van der Waals surface area contributed by atoms with Gasteiger partial charge in [-0.05, 0) is 58.5 Å². The van der Waals surface area contributed by atoms with E-state index in [-0.39, 0.29) is 0 Å². The number of piperidine rings is 1. The molecule has 2 aliphatic rings. The lowest BCUT2D eigenvalue weighted by Crippen LogP contribution is -2.38. The van der Waals surface area contributed by atoms with Crippen LogP contribution < -0.4 is 0 Å². The van der Waals surface area contributed by atoms with Crippen LogP contribution in [0.25, 0.3) is 0 Å². The van der Waals surface area contributed by atoms with Gasteiger partial charge >= 0.3 is 0 Å². The number of likely N-dealkylation sites (tertiary alicyclic amines) is 1. The van der Waals surface area contributed by atoms with Crippen LogP contribution >= 0.6 is 0 Å². The largest absolute Gasteiger partial charge is 0.332 e. The van der Waals surface area contributed by atoms with E-state index in [2.05, 4.69) is 36.4 Å². The second kappa shape index (κ2) is 5.28. The zero-order chi connectivity index (χ0) is 13.4. The number of aryl methyl sites for hydroxylation is 1. The fourth-order valence-electron chi connectivity index (χ4n) is 3.63. The van der Waals surface area contributed by atoms with Crippen LogP contribution in [0.2, 0.25) is 0 Å². The van der Waals surface area contributed by atoms with E-state index >= 15 is 0 Å². The average Bonchev–Trinajstić information content (AvgIpc) is 2.81. The Morgan fingerprint density at radius 2 is 1.95 bits per heavy atom. The molecule has 0 saturated carbocycles. The first-order chi connectivity index (χ1) is 9.15. The van der Waals surface area contributed by atoms with Gasteiger partial charge in [0, 0.05) is 30.4 Å². The third-order valence-electron chi connectivity index (χ3n) is 4.98. The van der Waals surface area contributed by atoms with Crippen molar-refractivity contribution < 1.29 is 0 Å². The minimum Gasteiger partial charge on any atom is -0.332 e. The predicted molar refractivity (Wildman–Crippen MR) is 78.4 cm³/mol. The summed E-state index contributed by atoms with van der Waals surface area (Å²) in [5.74, 6) is 2.88. The van der Waals surface area contributed by atoms with E-state index < -0.39 is 0 Å². The molecule has 1 unspecified atom stereocenters. The van der Waals surface area contributed by atoms with E-state index in [4.69, 9.17) is 4.98 Å². The summed E-state index contributed by atoms with van der Waals surface area (Å²) >= 11 is 0. The lowest BCUT2D eigenvalue weighted by Gasteiger charge is -2.35. The Hall–Kier alpha value is -0.830. The highest BCUT2D eigenvalue weighted by Gasteiger charge is 2.27. The van der Waals surface area contributed by atoms with E-state index in [1.807, 2.05) is 0 Å². The summed E-state index contributed by atoms with van der Waals surface area (Å²) in [5.41, 5.74) is 1.47. The van der Waals surface area contributed by atoms with Crippen LogP contribution in [-0.2, 0) is 13.0 Å². The molecule has 1 aromatic rings. The summed E-state index contributed by atoms with van der Waals surface area (Å²) in [6, 6.07) is 0.690. The van der Waals surface area contributed by atoms with Crippen molar-refractivity contribution in [2.75, 3.05) is 13.1 Å². The Morgan fingerprint density at radius 3 is 2.63 bits per heavy atom. The standard InChI is InChI=1S/C16H27N3/c1-12(2)18-8-6-14(7-9-18)16-17-10-15-5-4-13(3)11-19(15)16/h10,12-14H,4-9,11H2,1-3H3. The van der Waals surface area contributed by atoms with Crippen molar-refractivity contribution in [2.45, 2.75) is 65.0 Å². The zero-order valence-electron chi connectivity index (χ0n) is 12.6. The topological polar surface area (TPSA) is 21.1 Å². The van der Waals surface area contributed by atoms with Crippen LogP contribution in [0.3, 0.4) is 0 Å². The van der Waals surface area contributed by atoms with Gasteiger partial charge in [0.2, 0.25) is 0 Å². The first-order valence-electron chi connectivity index (χ1n) is 7.93. The average molecular weight is 261 g/mol. The molecule has 1 saturated heterocycles. The number of hydrogen-bond acceptors (Lipinski definition) is 2. The second-order valence-corrected chi connectivity index (χ2v) is 6.77. The second-order valence-electron chi connectivity index (χ2n) is 6.77. The molecule has 3 nitrogen and oxygen atoms in total. The number of fused-ring (bicyclic) bond motifs is 1. The molecule has 3 heterocycles. The number of hydrogen-bond donors (Lipinski definition) is 0. The highest BCUT2D eigenvalue weighted by Crippen LogP contribution is 2.31. The van der Waals surface area contributed by atoms with Crippen molar-refractivity contribution >= 4 is 0 Å². The van der Waals surface area contributed by atoms with Gasteiger partial charge in [-0.2, -0.15) is 0 Å². The smallest absolute Gasteiger partial charge is 0.112 e. The highest BCUT2D eigenvalue weighted by atomic mass is 15.2. The SMILES string of the molecule is CC1CCc2cnc(C3CCN(C(C)C)CC3)n2C1. The quantitative estimate of drug-likeness (QED) is 0.816. The molecule has 0 radical (unpaired) electrons. The highest BCUT2D eigenvalue weighted by molar-refractivity contribution is 5.12. The molecule has 19 heavy (non-hydrogen) atoms. The Kier molecular flexibility index (Phi) is 3.66. The van der Waals surface area contributed by atoms with E-state index in [9.17, 15) is 0 Å². The minimum absolute atomic E-state index is 0.689. The van der Waals surface area contributed by atoms with Crippen molar-refractivity contribution in [1.29, 1.82) is 0 Å². The molecule has 0 spiro atoms. The van der Waals surface area contributed by atoms with Gasteiger partial charge in [0.15, 0.2) is 0 Å². The molecule has 0 amide bonds. The fraction of sp³-hybridized carbons (Fsp3) is 0.812. The number of imidazole rings is 1. The molecule has 106 valence electrons. The zero-order valence-corrected chi connectivity index (χ0v) is 12.6. The van der Waals surface area contributed by atoms with Gasteiger partial charge in [0.25, 0.3) is 0 Å². The molecular weight excluding hydrogens is 234 g/mol. The van der Waals surface area contributed by atoms with Gasteiger partial charge < -0.3 is 9.47 Å². The molecule has 2 aliphatic heterocycles. The van der Waals surface area contributed by atoms with Crippen LogP contribution in [0.15, 0.2) is 6.20 Å². The Bertz CT molecular complexity index is 427. The van der Waals surface area contributed by atoms with Crippen molar-refractivity contribution in [3.63, 3.8) is 0 Å². The Morgan fingerprint density at radius 1 is 1.21 bits per heavy atom. The summed E-state index contributed by atoms with van der Waals surface area (Å²) in [5, 5.41) is 0. The van der Waals surface area contributed by atoms with Crippen molar-refractivity contribution in [3.8, 4) is 0 Å². The fourth-order valence-corrected chi connectivity index (χ4v) is 3.63. The predicted octanol–water partition coefficient (Wildman–Crippen LogP) is 3.05. The third-order valence-corrected chi connectivity index (χ3v) is 4.98. The first-order valence-corrected chi connectivity index (χ1v) is 7.93. The minimum atomic E-state index is 0.689. The van der Waals surface area contributed by atoms with Crippen molar-refractivity contribution in [1.82, 2.24) is 14.5 Å². The molecule has 1 atom stereocenters. The van der Waals surface area contributed by atoms with E-state index in [1.54, 1.807) is 0 Å². The van der Waals surface area contributed by atoms with Crippen LogP contribution in [0.4, 0.5) is 0 Å². The molecule has 1 aromatic heterocycles. The molecule has 3 rings (SSSR count). The number of aromatic nitrogens is 2. The Balaban J connectivity index is 1.72. The first kappa shape index (κ1) is 13.2. The summed E-state index contributed by atoms with van der Waals surface area (Å²) < 4.78 is 2.53. The summed E-state index contributed by atoms with van der Waals surface area (Å²) in [6.45, 7) is 10.6. The molecule has 0 aromatic carbocycles. The molecule has 3 heteroatoms. The van der Waals surface area contributed by atoms with Crippen LogP contribution in [0.1, 0.15) is 57.5 Å². The summed E-state index contributed by atoms with van der Waals surface area (Å²) in [6.07, 6.45) is 7.25. The number of nitrogens with zero attached hydrogens (tertiary/aromatic N) is 3. The summed E-state index contributed by atoms with van der Waals surface area (Å²) in [4.78, 5) is 7.37. The van der Waals surface area contributed by atoms with Gasteiger partial charge in [-0.3, -0.25) is 0 Å². The van der Waals surface area contributed by atoms with Gasteiger partial charge in [0.05, 0.1) is 0 Å². The van der Waals surface area contributed by atoms with Crippen molar-refractivity contribution in [2.24, 2.45) is 5.92 Å². The van der Waals surface area contributed by atoms with E-state index in [0.717, 1.165) is 5.92 Å². The molecule has 1 fully saturated rings. The van der Waals surface area contributed by atoms with E-state index in [0.29, 0.717) is 12.0 Å². The molecule has 0 bridgehead atoms.